The van der Waals surface area contributed by atoms with Crippen molar-refractivity contribution in [1.82, 2.24) is 0 Å². The van der Waals surface area contributed by atoms with Gasteiger partial charge in [-0.3, -0.25) is 0 Å². The molecule has 2 heteroatoms. The Balaban J connectivity index is 1.72. The molecule has 3 fully saturated rings. The molecular weight excluding hydrogens is 392 g/mol. The molecule has 0 aromatic carbocycles. The van der Waals surface area contributed by atoms with Crippen LogP contribution in [0.1, 0.15) is 106 Å². The Morgan fingerprint density at radius 1 is 1.19 bits per heavy atom. The van der Waals surface area contributed by atoms with E-state index in [-0.39, 0.29) is 6.10 Å². The second kappa shape index (κ2) is 10.2. The average Bonchev–Trinajstić information content (AvgIpc) is 3.09. The van der Waals surface area contributed by atoms with Gasteiger partial charge in [0.2, 0.25) is 0 Å². The number of hydrogen-bond acceptors (Lipinski definition) is 2. The van der Waals surface area contributed by atoms with Gasteiger partial charge in [0.25, 0.3) is 0 Å². The minimum Gasteiger partial charge on any atom is -0.390 e. The lowest BCUT2D eigenvalue weighted by molar-refractivity contribution is 0.0447. The highest BCUT2D eigenvalue weighted by atomic mass is 16.3. The van der Waals surface area contributed by atoms with Crippen molar-refractivity contribution >= 4 is 0 Å². The zero-order valence-electron chi connectivity index (χ0n) is 21.8. The Bertz CT molecular complexity index is 724. The maximum atomic E-state index is 10.4. The SMILES string of the molecule is C=C1C(O)CC(=CC=C2CCCC3(C)C2CCC3C(C)C(C)CCC(C)(C)O)CC1CC. The molecule has 3 aliphatic carbocycles. The van der Waals surface area contributed by atoms with E-state index in [9.17, 15) is 10.2 Å². The Kier molecular flexibility index (Phi) is 8.19. The predicted molar refractivity (Wildman–Crippen MR) is 136 cm³/mol. The molecule has 0 radical (unpaired) electrons. The summed E-state index contributed by atoms with van der Waals surface area (Å²) in [5, 5.41) is 20.6. The molecule has 0 saturated heterocycles. The van der Waals surface area contributed by atoms with Crippen LogP contribution in [0.4, 0.5) is 0 Å². The van der Waals surface area contributed by atoms with Crippen molar-refractivity contribution < 1.29 is 10.2 Å². The highest BCUT2D eigenvalue weighted by Crippen LogP contribution is 2.60. The lowest BCUT2D eigenvalue weighted by Crippen LogP contribution is -2.37. The number of aliphatic hydroxyl groups excluding tert-OH is 1. The molecule has 7 atom stereocenters. The Hall–Kier alpha value is -0.860. The zero-order valence-corrected chi connectivity index (χ0v) is 21.8. The van der Waals surface area contributed by atoms with Gasteiger partial charge in [-0.2, -0.15) is 0 Å². The first-order valence-electron chi connectivity index (χ1n) is 13.4. The summed E-state index contributed by atoms with van der Waals surface area (Å²) >= 11 is 0. The molecule has 2 nitrogen and oxygen atoms in total. The van der Waals surface area contributed by atoms with Crippen LogP contribution in [0.15, 0.2) is 35.5 Å². The van der Waals surface area contributed by atoms with Crippen LogP contribution in [0.2, 0.25) is 0 Å². The molecule has 0 amide bonds. The smallest absolute Gasteiger partial charge is 0.0787 e. The van der Waals surface area contributed by atoms with Gasteiger partial charge in [-0.15, -0.1) is 0 Å². The van der Waals surface area contributed by atoms with E-state index >= 15 is 0 Å². The van der Waals surface area contributed by atoms with Crippen LogP contribution in [0.25, 0.3) is 0 Å². The van der Waals surface area contributed by atoms with E-state index < -0.39 is 5.60 Å². The van der Waals surface area contributed by atoms with Crippen molar-refractivity contribution in [3.8, 4) is 0 Å². The second-order valence-corrected chi connectivity index (χ2v) is 12.5. The van der Waals surface area contributed by atoms with Crippen molar-refractivity contribution in [2.45, 2.75) is 117 Å². The summed E-state index contributed by atoms with van der Waals surface area (Å²) < 4.78 is 0. The fraction of sp³-hybridized carbons (Fsp3) is 0.800. The minimum atomic E-state index is -0.555. The van der Waals surface area contributed by atoms with Crippen LogP contribution in [0.3, 0.4) is 0 Å². The second-order valence-electron chi connectivity index (χ2n) is 12.5. The summed E-state index contributed by atoms with van der Waals surface area (Å²) in [4.78, 5) is 0. The zero-order chi connectivity index (χ0) is 23.7. The quantitative estimate of drug-likeness (QED) is 0.398. The van der Waals surface area contributed by atoms with Gasteiger partial charge >= 0.3 is 0 Å². The third-order valence-electron chi connectivity index (χ3n) is 9.72. The van der Waals surface area contributed by atoms with Crippen molar-refractivity contribution in [3.63, 3.8) is 0 Å². The number of hydrogen-bond donors (Lipinski definition) is 2. The van der Waals surface area contributed by atoms with Crippen molar-refractivity contribution in [3.05, 3.63) is 35.5 Å². The number of fused-ring (bicyclic) bond motifs is 1. The maximum Gasteiger partial charge on any atom is 0.0787 e. The molecule has 3 saturated carbocycles. The third kappa shape index (κ3) is 5.61. The first-order valence-corrected chi connectivity index (χ1v) is 13.4. The molecule has 3 rings (SSSR count). The van der Waals surface area contributed by atoms with Gasteiger partial charge in [0.1, 0.15) is 0 Å². The van der Waals surface area contributed by atoms with Gasteiger partial charge in [-0.25, -0.2) is 0 Å². The Morgan fingerprint density at radius 3 is 2.56 bits per heavy atom. The van der Waals surface area contributed by atoms with Crippen molar-refractivity contribution in [2.24, 2.45) is 35.0 Å². The summed E-state index contributed by atoms with van der Waals surface area (Å²) in [6, 6.07) is 0. The molecule has 0 aromatic rings. The van der Waals surface area contributed by atoms with Gasteiger partial charge in [-0.1, -0.05) is 57.6 Å². The topological polar surface area (TPSA) is 40.5 Å². The molecule has 3 aliphatic rings. The fourth-order valence-corrected chi connectivity index (χ4v) is 7.33. The van der Waals surface area contributed by atoms with Gasteiger partial charge in [-0.05, 0) is 119 Å². The monoisotopic (exact) mass is 442 g/mol. The van der Waals surface area contributed by atoms with E-state index in [0.29, 0.717) is 29.1 Å². The maximum absolute atomic E-state index is 10.4. The van der Waals surface area contributed by atoms with Gasteiger partial charge in [0, 0.05) is 0 Å². The molecule has 0 bridgehead atoms. The van der Waals surface area contributed by atoms with Crippen molar-refractivity contribution in [1.29, 1.82) is 0 Å². The predicted octanol–water partition coefficient (Wildman–Crippen LogP) is 7.62. The van der Waals surface area contributed by atoms with Crippen molar-refractivity contribution in [2.75, 3.05) is 0 Å². The average molecular weight is 443 g/mol. The Morgan fingerprint density at radius 2 is 1.91 bits per heavy atom. The van der Waals surface area contributed by atoms with Crippen LogP contribution in [0, 0.1) is 35.0 Å². The first-order chi connectivity index (χ1) is 15.0. The van der Waals surface area contributed by atoms with E-state index in [1.807, 2.05) is 13.8 Å². The molecule has 0 aromatic heterocycles. The lowest BCUT2D eigenvalue weighted by Gasteiger charge is -2.45. The molecule has 2 N–H and O–H groups in total. The fourth-order valence-electron chi connectivity index (χ4n) is 7.33. The third-order valence-corrected chi connectivity index (χ3v) is 9.72. The summed E-state index contributed by atoms with van der Waals surface area (Å²) in [6.45, 7) is 17.7. The van der Waals surface area contributed by atoms with Crippen LogP contribution < -0.4 is 0 Å². The van der Waals surface area contributed by atoms with E-state index in [1.54, 1.807) is 5.57 Å². The standard InChI is InChI=1S/C30H50O2/c1-8-24-18-23(19-28(31)22(24)4)11-12-25-10-9-16-30(7)26(13-14-27(25)30)21(3)20(2)15-17-29(5,6)32/h11-12,20-21,24,26-28,31-32H,4,8-10,13-19H2,1-3,5-7H3. The Labute approximate surface area is 198 Å². The molecular formula is C30H50O2. The van der Waals surface area contributed by atoms with Crippen LogP contribution >= 0.6 is 0 Å². The minimum absolute atomic E-state index is 0.364. The number of aliphatic hydroxyl groups is 2. The normalized spacial score (nSPS) is 38.2. The van der Waals surface area contributed by atoms with E-state index in [0.717, 1.165) is 43.6 Å². The number of rotatable bonds is 7. The summed E-state index contributed by atoms with van der Waals surface area (Å²) in [5.41, 5.74) is 3.96. The van der Waals surface area contributed by atoms with Crippen LogP contribution in [0.5, 0.6) is 0 Å². The van der Waals surface area contributed by atoms with Gasteiger partial charge in [0.05, 0.1) is 11.7 Å². The number of allylic oxidation sites excluding steroid dienone is 3. The van der Waals surface area contributed by atoms with Crippen LogP contribution in [-0.2, 0) is 0 Å². The van der Waals surface area contributed by atoms with E-state index in [1.165, 1.54) is 37.7 Å². The van der Waals surface area contributed by atoms with Gasteiger partial charge in [0.15, 0.2) is 0 Å². The van der Waals surface area contributed by atoms with Gasteiger partial charge < -0.3 is 10.2 Å². The molecule has 7 unspecified atom stereocenters. The highest BCUT2D eigenvalue weighted by molar-refractivity contribution is 5.29. The molecule has 0 heterocycles. The molecule has 32 heavy (non-hydrogen) atoms. The van der Waals surface area contributed by atoms with E-state index in [4.69, 9.17) is 0 Å². The highest BCUT2D eigenvalue weighted by Gasteiger charge is 2.51. The van der Waals surface area contributed by atoms with E-state index in [2.05, 4.69) is 46.4 Å². The summed E-state index contributed by atoms with van der Waals surface area (Å²) in [6.07, 6.45) is 15.9. The molecule has 0 spiro atoms. The van der Waals surface area contributed by atoms with Crippen LogP contribution in [-0.4, -0.2) is 21.9 Å². The molecule has 182 valence electrons. The lowest BCUT2D eigenvalue weighted by atomic mass is 9.59. The summed E-state index contributed by atoms with van der Waals surface area (Å²) in [5.74, 6) is 3.29. The largest absolute Gasteiger partial charge is 0.390 e. The first kappa shape index (κ1) is 25.8. The molecule has 0 aliphatic heterocycles. The summed E-state index contributed by atoms with van der Waals surface area (Å²) in [7, 11) is 0.